The Hall–Kier alpha value is -0.110. The second kappa shape index (κ2) is 1.78. The molecule has 0 saturated carbocycles. The van der Waals surface area contributed by atoms with Crippen molar-refractivity contribution >= 4 is 0 Å². The zero-order valence-electron chi connectivity index (χ0n) is 4.90. The van der Waals surface area contributed by atoms with Gasteiger partial charge >= 0.3 is 0 Å². The minimum absolute atomic E-state index is 1.15. The highest BCUT2D eigenvalue weighted by atomic mass is 19.1. The topological polar surface area (TPSA) is 20.2 Å². The lowest BCUT2D eigenvalue weighted by molar-refractivity contribution is 0.00578. The molecule has 0 spiro atoms. The minimum atomic E-state index is -1.17. The molecule has 0 aromatic rings. The van der Waals surface area contributed by atoms with E-state index >= 15 is 0 Å². The Bertz CT molecular complexity index is 53.6. The average molecular weight is 106 g/mol. The number of halogens is 1. The van der Waals surface area contributed by atoms with Gasteiger partial charge in [-0.1, -0.05) is 0 Å². The fourth-order valence-electron chi connectivity index (χ4n) is 0. The predicted octanol–water partition coefficient (Wildman–Crippen LogP) is 1.12. The average Bonchev–Trinajstić information content (AvgIpc) is 1.31. The van der Waals surface area contributed by atoms with Crippen LogP contribution in [0.5, 0.6) is 0 Å². The summed E-state index contributed by atoms with van der Waals surface area (Å²) in [6, 6.07) is 0. The van der Waals surface area contributed by atoms with Crippen molar-refractivity contribution in [2.45, 2.75) is 32.5 Å². The maximum Gasteiger partial charge on any atom is 0.125 e. The van der Waals surface area contributed by atoms with Crippen LogP contribution in [0.25, 0.3) is 0 Å². The second-order valence-corrected chi connectivity index (χ2v) is 2.27. The molecule has 0 aliphatic carbocycles. The summed E-state index contributed by atoms with van der Waals surface area (Å²) >= 11 is 0. The van der Waals surface area contributed by atoms with Crippen molar-refractivity contribution in [2.24, 2.45) is 0 Å². The van der Waals surface area contributed by atoms with Crippen LogP contribution in [-0.4, -0.2) is 16.9 Å². The lowest BCUT2D eigenvalue weighted by Crippen LogP contribution is -2.29. The molecule has 0 saturated heterocycles. The van der Waals surface area contributed by atoms with Gasteiger partial charge in [0.15, 0.2) is 0 Å². The molecule has 0 bridgehead atoms. The van der Waals surface area contributed by atoms with Crippen LogP contribution in [0, 0.1) is 0 Å². The number of aliphatic hydroxyl groups is 1. The van der Waals surface area contributed by atoms with Crippen molar-refractivity contribution in [2.75, 3.05) is 0 Å². The van der Waals surface area contributed by atoms with Gasteiger partial charge in [-0.3, -0.25) is 0 Å². The first-order chi connectivity index (χ1) is 2.94. The number of hydrogen-bond acceptors (Lipinski definition) is 1. The van der Waals surface area contributed by atoms with E-state index in [0.29, 0.717) is 0 Å². The lowest BCUT2D eigenvalue weighted by Gasteiger charge is -2.17. The summed E-state index contributed by atoms with van der Waals surface area (Å²) in [4.78, 5) is 0. The number of rotatable bonds is 1. The minimum Gasteiger partial charge on any atom is -0.387 e. The fraction of sp³-hybridized carbons (Fsp3) is 1.00. The molecule has 1 atom stereocenters. The highest BCUT2D eigenvalue weighted by Gasteiger charge is 2.20. The normalized spacial score (nSPS) is 16.7. The van der Waals surface area contributed by atoms with Gasteiger partial charge in [-0.25, -0.2) is 4.39 Å². The van der Waals surface area contributed by atoms with Crippen molar-refractivity contribution in [1.29, 1.82) is 0 Å². The van der Waals surface area contributed by atoms with E-state index in [0.717, 1.165) is 0 Å². The van der Waals surface area contributed by atoms with Gasteiger partial charge in [0, 0.05) is 0 Å². The van der Waals surface area contributed by atoms with Gasteiger partial charge in [-0.15, -0.1) is 0 Å². The standard InChI is InChI=1S/C5H11FO/c1-4(6)5(2,3)7/h4,7H,1-3H3. The monoisotopic (exact) mass is 106 g/mol. The molecule has 1 N–H and O–H groups in total. The maximum atomic E-state index is 12.0. The quantitative estimate of drug-likeness (QED) is 0.531. The molecule has 2 heteroatoms. The Morgan fingerprint density at radius 3 is 1.71 bits per heavy atom. The van der Waals surface area contributed by atoms with Gasteiger partial charge in [0.25, 0.3) is 0 Å². The van der Waals surface area contributed by atoms with Crippen molar-refractivity contribution < 1.29 is 9.50 Å². The maximum absolute atomic E-state index is 12.0. The van der Waals surface area contributed by atoms with Gasteiger partial charge in [0.1, 0.15) is 6.17 Å². The molecule has 7 heavy (non-hydrogen) atoms. The largest absolute Gasteiger partial charge is 0.387 e. The van der Waals surface area contributed by atoms with E-state index in [4.69, 9.17) is 5.11 Å². The summed E-state index contributed by atoms with van der Waals surface area (Å²) < 4.78 is 12.0. The number of hydrogen-bond donors (Lipinski definition) is 1. The van der Waals surface area contributed by atoms with E-state index in [1.807, 2.05) is 0 Å². The van der Waals surface area contributed by atoms with Crippen LogP contribution in [0.1, 0.15) is 20.8 Å². The smallest absolute Gasteiger partial charge is 0.125 e. The summed E-state index contributed by atoms with van der Waals surface area (Å²) in [6.45, 7) is 4.22. The Kier molecular flexibility index (Phi) is 1.75. The van der Waals surface area contributed by atoms with Gasteiger partial charge < -0.3 is 5.11 Å². The molecule has 0 rings (SSSR count). The molecule has 0 fully saturated rings. The third-order valence-corrected chi connectivity index (χ3v) is 0.973. The molecule has 44 valence electrons. The van der Waals surface area contributed by atoms with Crippen LogP contribution in [0.4, 0.5) is 4.39 Å². The molecular formula is C5H11FO. The summed E-state index contributed by atoms with van der Waals surface area (Å²) in [7, 11) is 0. The first-order valence-electron chi connectivity index (χ1n) is 2.31. The first-order valence-corrected chi connectivity index (χ1v) is 2.31. The van der Waals surface area contributed by atoms with Gasteiger partial charge in [0.2, 0.25) is 0 Å². The highest BCUT2D eigenvalue weighted by molar-refractivity contribution is 4.71. The zero-order valence-corrected chi connectivity index (χ0v) is 4.90. The van der Waals surface area contributed by atoms with E-state index in [1.54, 1.807) is 0 Å². The Morgan fingerprint density at radius 2 is 1.71 bits per heavy atom. The van der Waals surface area contributed by atoms with Crippen molar-refractivity contribution in [3.63, 3.8) is 0 Å². The van der Waals surface area contributed by atoms with Crippen molar-refractivity contribution in [3.05, 3.63) is 0 Å². The molecule has 0 aromatic heterocycles. The van der Waals surface area contributed by atoms with E-state index in [1.165, 1.54) is 20.8 Å². The zero-order chi connectivity index (χ0) is 6.08. The molecule has 0 radical (unpaired) electrons. The highest BCUT2D eigenvalue weighted by Crippen LogP contribution is 2.09. The van der Waals surface area contributed by atoms with E-state index in [-0.39, 0.29) is 0 Å². The fourth-order valence-corrected chi connectivity index (χ4v) is 0. The third-order valence-electron chi connectivity index (χ3n) is 0.973. The van der Waals surface area contributed by atoms with Crippen LogP contribution < -0.4 is 0 Å². The first kappa shape index (κ1) is 6.89. The van der Waals surface area contributed by atoms with E-state index in [9.17, 15) is 4.39 Å². The van der Waals surface area contributed by atoms with Crippen LogP contribution >= 0.6 is 0 Å². The second-order valence-electron chi connectivity index (χ2n) is 2.27. The summed E-state index contributed by atoms with van der Waals surface area (Å²) in [6.07, 6.45) is -1.15. The molecule has 1 nitrogen and oxygen atoms in total. The van der Waals surface area contributed by atoms with Crippen LogP contribution in [0.2, 0.25) is 0 Å². The van der Waals surface area contributed by atoms with Gasteiger partial charge in [0.05, 0.1) is 5.60 Å². The Labute approximate surface area is 43.2 Å². The summed E-state index contributed by atoms with van der Waals surface area (Å²) in [5, 5.41) is 8.72. The molecule has 0 aromatic carbocycles. The molecule has 0 aliphatic heterocycles. The number of alkyl halides is 1. The Morgan fingerprint density at radius 1 is 1.57 bits per heavy atom. The molecule has 0 heterocycles. The summed E-state index contributed by atoms with van der Waals surface area (Å²) in [5.41, 5.74) is -1.17. The predicted molar refractivity (Wildman–Crippen MR) is 26.9 cm³/mol. The Balaban J connectivity index is 3.54. The third kappa shape index (κ3) is 2.57. The van der Waals surface area contributed by atoms with Crippen LogP contribution in [0.3, 0.4) is 0 Å². The molecule has 0 aliphatic rings. The van der Waals surface area contributed by atoms with E-state index < -0.39 is 11.8 Å². The molecular weight excluding hydrogens is 95.1 g/mol. The SMILES string of the molecule is CC(F)C(C)(C)O. The van der Waals surface area contributed by atoms with Gasteiger partial charge in [-0.05, 0) is 20.8 Å². The summed E-state index contributed by atoms with van der Waals surface area (Å²) in [5.74, 6) is 0. The van der Waals surface area contributed by atoms with Crippen molar-refractivity contribution in [3.8, 4) is 0 Å². The van der Waals surface area contributed by atoms with Crippen LogP contribution in [0.15, 0.2) is 0 Å². The van der Waals surface area contributed by atoms with Gasteiger partial charge in [-0.2, -0.15) is 0 Å². The molecule has 0 amide bonds. The van der Waals surface area contributed by atoms with Crippen molar-refractivity contribution in [1.82, 2.24) is 0 Å². The van der Waals surface area contributed by atoms with E-state index in [2.05, 4.69) is 0 Å². The molecule has 1 unspecified atom stereocenters. The van der Waals surface area contributed by atoms with Crippen LogP contribution in [-0.2, 0) is 0 Å². The lowest BCUT2D eigenvalue weighted by atomic mass is 10.1.